The average molecular weight is 310 g/mol. The van der Waals surface area contributed by atoms with Gasteiger partial charge in [0, 0.05) is 42.5 Å². The van der Waals surface area contributed by atoms with Gasteiger partial charge in [0.1, 0.15) is 11.5 Å². The van der Waals surface area contributed by atoms with Gasteiger partial charge in [-0.1, -0.05) is 0 Å². The van der Waals surface area contributed by atoms with E-state index in [1.807, 2.05) is 6.07 Å². The molecule has 2 N–H and O–H groups in total. The maximum absolute atomic E-state index is 12.3. The van der Waals surface area contributed by atoms with Gasteiger partial charge in [0.05, 0.1) is 0 Å². The minimum Gasteiger partial charge on any atom is -0.507 e. The standard InChI is InChI=1S/C15H13F3N2O2/c16-15(17,18)22-11-1-2-14(21)12(6-11)9-5-10-7-19-4-3-13(10)20-8-9/h1-2,5-6,8,19,21H,3-4,7H2. The van der Waals surface area contributed by atoms with Crippen LogP contribution < -0.4 is 10.1 Å². The highest BCUT2D eigenvalue weighted by molar-refractivity contribution is 5.71. The van der Waals surface area contributed by atoms with Crippen LogP contribution in [0, 0.1) is 0 Å². The van der Waals surface area contributed by atoms with Gasteiger partial charge in [0.2, 0.25) is 0 Å². The quantitative estimate of drug-likeness (QED) is 0.895. The monoisotopic (exact) mass is 310 g/mol. The molecule has 116 valence electrons. The lowest BCUT2D eigenvalue weighted by Gasteiger charge is -2.17. The Balaban J connectivity index is 1.98. The topological polar surface area (TPSA) is 54.4 Å². The number of alkyl halides is 3. The number of nitrogens with one attached hydrogen (secondary N) is 1. The molecule has 22 heavy (non-hydrogen) atoms. The van der Waals surface area contributed by atoms with Crippen molar-refractivity contribution in [1.82, 2.24) is 10.3 Å². The smallest absolute Gasteiger partial charge is 0.507 e. The largest absolute Gasteiger partial charge is 0.573 e. The lowest BCUT2D eigenvalue weighted by molar-refractivity contribution is -0.274. The van der Waals surface area contributed by atoms with Crippen LogP contribution >= 0.6 is 0 Å². The molecular weight excluding hydrogens is 297 g/mol. The number of benzene rings is 1. The molecule has 1 aromatic carbocycles. The first-order valence-electron chi connectivity index (χ1n) is 6.70. The number of aromatic hydroxyl groups is 1. The van der Waals surface area contributed by atoms with Crippen molar-refractivity contribution in [1.29, 1.82) is 0 Å². The van der Waals surface area contributed by atoms with E-state index in [1.165, 1.54) is 6.07 Å². The number of hydrogen-bond acceptors (Lipinski definition) is 4. The summed E-state index contributed by atoms with van der Waals surface area (Å²) < 4.78 is 40.8. The molecular formula is C15H13F3N2O2. The van der Waals surface area contributed by atoms with Gasteiger partial charge in [-0.2, -0.15) is 0 Å². The van der Waals surface area contributed by atoms with Crippen molar-refractivity contribution >= 4 is 0 Å². The average Bonchev–Trinajstić information content (AvgIpc) is 2.47. The van der Waals surface area contributed by atoms with Crippen molar-refractivity contribution in [3.05, 3.63) is 41.7 Å². The molecule has 4 nitrogen and oxygen atoms in total. The molecule has 0 saturated carbocycles. The molecule has 3 rings (SSSR count). The molecule has 0 fully saturated rings. The highest BCUT2D eigenvalue weighted by atomic mass is 19.4. The van der Waals surface area contributed by atoms with Crippen LogP contribution in [0.25, 0.3) is 11.1 Å². The van der Waals surface area contributed by atoms with Gasteiger partial charge in [-0.3, -0.25) is 4.98 Å². The van der Waals surface area contributed by atoms with Gasteiger partial charge >= 0.3 is 6.36 Å². The molecule has 0 amide bonds. The van der Waals surface area contributed by atoms with Gasteiger partial charge in [0.15, 0.2) is 0 Å². The van der Waals surface area contributed by atoms with Crippen LogP contribution in [-0.4, -0.2) is 23.0 Å². The summed E-state index contributed by atoms with van der Waals surface area (Å²) in [7, 11) is 0. The molecule has 0 saturated heterocycles. The third-order valence-electron chi connectivity index (χ3n) is 3.43. The second-order valence-electron chi connectivity index (χ2n) is 4.98. The van der Waals surface area contributed by atoms with Crippen molar-refractivity contribution in [2.24, 2.45) is 0 Å². The number of phenolic OH excluding ortho intramolecular Hbond substituents is 1. The number of nitrogens with zero attached hydrogens (tertiary/aromatic N) is 1. The molecule has 0 spiro atoms. The zero-order chi connectivity index (χ0) is 15.7. The van der Waals surface area contributed by atoms with Crippen LogP contribution in [0.3, 0.4) is 0 Å². The first-order chi connectivity index (χ1) is 10.4. The van der Waals surface area contributed by atoms with Gasteiger partial charge < -0.3 is 15.2 Å². The zero-order valence-corrected chi connectivity index (χ0v) is 11.4. The number of ether oxygens (including phenoxy) is 1. The maximum atomic E-state index is 12.3. The minimum absolute atomic E-state index is 0.125. The Bertz CT molecular complexity index is 702. The highest BCUT2D eigenvalue weighted by Crippen LogP contribution is 2.35. The second-order valence-corrected chi connectivity index (χ2v) is 4.98. The molecule has 2 aromatic rings. The summed E-state index contributed by atoms with van der Waals surface area (Å²) in [5.74, 6) is -0.504. The van der Waals surface area contributed by atoms with Crippen molar-refractivity contribution in [2.45, 2.75) is 19.3 Å². The van der Waals surface area contributed by atoms with Crippen LogP contribution in [0.4, 0.5) is 13.2 Å². The molecule has 0 aliphatic carbocycles. The van der Waals surface area contributed by atoms with E-state index in [1.54, 1.807) is 6.20 Å². The van der Waals surface area contributed by atoms with E-state index in [0.717, 1.165) is 36.4 Å². The molecule has 0 bridgehead atoms. The minimum atomic E-state index is -4.77. The van der Waals surface area contributed by atoms with Crippen LogP contribution in [-0.2, 0) is 13.0 Å². The van der Waals surface area contributed by atoms with E-state index in [2.05, 4.69) is 15.0 Å². The highest BCUT2D eigenvalue weighted by Gasteiger charge is 2.31. The second kappa shape index (κ2) is 5.49. The number of fused-ring (bicyclic) bond motifs is 1. The Labute approximate surface area is 124 Å². The first-order valence-corrected chi connectivity index (χ1v) is 6.70. The fourth-order valence-electron chi connectivity index (χ4n) is 2.44. The fraction of sp³-hybridized carbons (Fsp3) is 0.267. The zero-order valence-electron chi connectivity index (χ0n) is 11.4. The molecule has 1 aliphatic rings. The van der Waals surface area contributed by atoms with E-state index in [0.29, 0.717) is 12.1 Å². The Morgan fingerprint density at radius 3 is 2.82 bits per heavy atom. The lowest BCUT2D eigenvalue weighted by Crippen LogP contribution is -2.24. The van der Waals surface area contributed by atoms with Crippen LogP contribution in [0.15, 0.2) is 30.5 Å². The molecule has 0 radical (unpaired) electrons. The van der Waals surface area contributed by atoms with Crippen LogP contribution in [0.1, 0.15) is 11.3 Å². The summed E-state index contributed by atoms with van der Waals surface area (Å²) >= 11 is 0. The Kier molecular flexibility index (Phi) is 3.66. The van der Waals surface area contributed by atoms with E-state index < -0.39 is 6.36 Å². The van der Waals surface area contributed by atoms with E-state index >= 15 is 0 Å². The first kappa shape index (κ1) is 14.6. The predicted octanol–water partition coefficient (Wildman–Crippen LogP) is 3.00. The Hall–Kier alpha value is -2.28. The lowest BCUT2D eigenvalue weighted by atomic mass is 10.0. The summed E-state index contributed by atoms with van der Waals surface area (Å²) in [4.78, 5) is 4.33. The number of pyridine rings is 1. The molecule has 0 unspecified atom stereocenters. The van der Waals surface area contributed by atoms with E-state index in [4.69, 9.17) is 0 Å². The Morgan fingerprint density at radius 1 is 1.23 bits per heavy atom. The number of phenols is 1. The number of halogens is 3. The molecule has 1 aromatic heterocycles. The predicted molar refractivity (Wildman–Crippen MR) is 73.4 cm³/mol. The molecule has 0 atom stereocenters. The number of rotatable bonds is 2. The van der Waals surface area contributed by atoms with Crippen molar-refractivity contribution in [2.75, 3.05) is 6.54 Å². The van der Waals surface area contributed by atoms with Crippen LogP contribution in [0.2, 0.25) is 0 Å². The van der Waals surface area contributed by atoms with Gasteiger partial charge in [-0.15, -0.1) is 13.2 Å². The molecule has 2 heterocycles. The summed E-state index contributed by atoms with van der Waals surface area (Å²) in [6.07, 6.45) is -2.42. The van der Waals surface area contributed by atoms with Crippen molar-refractivity contribution in [3.63, 3.8) is 0 Å². The SMILES string of the molecule is Oc1ccc(OC(F)(F)F)cc1-c1cnc2c(c1)CNCC2. The fourth-order valence-corrected chi connectivity index (χ4v) is 2.44. The van der Waals surface area contributed by atoms with Crippen molar-refractivity contribution in [3.8, 4) is 22.6 Å². The summed E-state index contributed by atoms with van der Waals surface area (Å²) in [6, 6.07) is 5.22. The van der Waals surface area contributed by atoms with Crippen LogP contribution in [0.5, 0.6) is 11.5 Å². The van der Waals surface area contributed by atoms with E-state index in [9.17, 15) is 18.3 Å². The van der Waals surface area contributed by atoms with Gasteiger partial charge in [0.25, 0.3) is 0 Å². The number of aromatic nitrogens is 1. The number of hydrogen-bond donors (Lipinski definition) is 2. The Morgan fingerprint density at radius 2 is 2.05 bits per heavy atom. The third kappa shape index (κ3) is 3.14. The van der Waals surface area contributed by atoms with Crippen molar-refractivity contribution < 1.29 is 23.0 Å². The third-order valence-corrected chi connectivity index (χ3v) is 3.43. The summed E-state index contributed by atoms with van der Waals surface area (Å²) in [6.45, 7) is 1.50. The van der Waals surface area contributed by atoms with Gasteiger partial charge in [-0.25, -0.2) is 0 Å². The summed E-state index contributed by atoms with van der Waals surface area (Å²) in [5, 5.41) is 13.1. The maximum Gasteiger partial charge on any atom is 0.573 e. The van der Waals surface area contributed by atoms with Gasteiger partial charge in [-0.05, 0) is 29.8 Å². The molecule has 7 heteroatoms. The van der Waals surface area contributed by atoms with E-state index in [-0.39, 0.29) is 17.1 Å². The molecule has 1 aliphatic heterocycles. The summed E-state index contributed by atoms with van der Waals surface area (Å²) in [5.41, 5.74) is 2.74. The normalized spacial score (nSPS) is 14.5.